The van der Waals surface area contributed by atoms with Gasteiger partial charge in [-0.25, -0.2) is 0 Å². The first-order valence-electron chi connectivity index (χ1n) is 12.2. The lowest BCUT2D eigenvalue weighted by Crippen LogP contribution is -2.45. The fourth-order valence-corrected chi connectivity index (χ4v) is 5.62. The summed E-state index contributed by atoms with van der Waals surface area (Å²) < 4.78 is 5.55. The minimum atomic E-state index is 0.439. The molecular weight excluding hydrogens is 396 g/mol. The van der Waals surface area contributed by atoms with E-state index in [1.54, 1.807) is 0 Å². The summed E-state index contributed by atoms with van der Waals surface area (Å²) in [5.41, 5.74) is 12.1. The second kappa shape index (κ2) is 8.87. The first-order valence-corrected chi connectivity index (χ1v) is 12.2. The van der Waals surface area contributed by atoms with Gasteiger partial charge in [-0.3, -0.25) is 9.88 Å². The van der Waals surface area contributed by atoms with E-state index in [0.29, 0.717) is 11.8 Å². The first kappa shape index (κ1) is 21.5. The molecule has 0 bridgehead atoms. The Morgan fingerprint density at radius 2 is 1.78 bits per heavy atom. The highest BCUT2D eigenvalue weighted by molar-refractivity contribution is 5.65. The maximum Gasteiger partial charge on any atom is 0.0636 e. The smallest absolute Gasteiger partial charge is 0.0636 e. The second-order valence-corrected chi connectivity index (χ2v) is 9.94. The molecule has 0 amide bonds. The zero-order valence-electron chi connectivity index (χ0n) is 19.7. The Morgan fingerprint density at radius 3 is 2.47 bits per heavy atom. The Labute approximate surface area is 190 Å². The number of hydrazine groups is 1. The minimum Gasteiger partial charge on any atom is -0.379 e. The van der Waals surface area contributed by atoms with Gasteiger partial charge in [0.15, 0.2) is 0 Å². The monoisotopic (exact) mass is 432 g/mol. The van der Waals surface area contributed by atoms with Crippen molar-refractivity contribution in [1.82, 2.24) is 15.3 Å². The molecule has 5 rings (SSSR count). The zero-order valence-corrected chi connectivity index (χ0v) is 19.7. The Morgan fingerprint density at radius 1 is 1.03 bits per heavy atom. The van der Waals surface area contributed by atoms with Crippen molar-refractivity contribution >= 4 is 18.0 Å². The predicted molar refractivity (Wildman–Crippen MR) is 130 cm³/mol. The van der Waals surface area contributed by atoms with Crippen molar-refractivity contribution in [3.63, 3.8) is 0 Å². The van der Waals surface area contributed by atoms with Crippen LogP contribution in [0.25, 0.3) is 12.3 Å². The largest absolute Gasteiger partial charge is 0.379 e. The maximum absolute atomic E-state index is 5.55. The SMILES string of the molecule is C=c1nc/c(=c2/cc3c(cc2C(C)C)=C(C2CCC(N4CCOCC4)CC2)NN3)cc1C. The normalized spacial score (nSPS) is 24.8. The van der Waals surface area contributed by atoms with Crippen LogP contribution in [0.2, 0.25) is 0 Å². The lowest BCUT2D eigenvalue weighted by molar-refractivity contribution is 0.00659. The van der Waals surface area contributed by atoms with Crippen LogP contribution in [0.15, 0.2) is 24.4 Å². The highest BCUT2D eigenvalue weighted by atomic mass is 16.5. The van der Waals surface area contributed by atoms with Crippen molar-refractivity contribution in [2.75, 3.05) is 31.7 Å². The number of ether oxygens (including phenoxy) is 1. The Kier molecular flexibility index (Phi) is 5.95. The summed E-state index contributed by atoms with van der Waals surface area (Å²) in [5, 5.41) is 4.64. The van der Waals surface area contributed by atoms with Gasteiger partial charge in [0.1, 0.15) is 0 Å². The van der Waals surface area contributed by atoms with Crippen LogP contribution in [0.4, 0.5) is 5.69 Å². The predicted octanol–water partition coefficient (Wildman–Crippen LogP) is 3.14. The van der Waals surface area contributed by atoms with Crippen LogP contribution in [0.3, 0.4) is 0 Å². The highest BCUT2D eigenvalue weighted by Gasteiger charge is 2.30. The van der Waals surface area contributed by atoms with E-state index in [1.165, 1.54) is 58.3 Å². The van der Waals surface area contributed by atoms with Crippen molar-refractivity contribution in [3.05, 3.63) is 56.5 Å². The van der Waals surface area contributed by atoms with Crippen molar-refractivity contribution in [3.8, 4) is 0 Å². The van der Waals surface area contributed by atoms with Crippen LogP contribution in [0.5, 0.6) is 0 Å². The maximum atomic E-state index is 5.55. The molecule has 2 fully saturated rings. The van der Waals surface area contributed by atoms with Gasteiger partial charge < -0.3 is 15.6 Å². The summed E-state index contributed by atoms with van der Waals surface area (Å²) in [6.45, 7) is 14.6. The van der Waals surface area contributed by atoms with Crippen LogP contribution in [0.1, 0.15) is 56.6 Å². The molecule has 32 heavy (non-hydrogen) atoms. The quantitative estimate of drug-likeness (QED) is 0.780. The van der Waals surface area contributed by atoms with E-state index in [2.05, 4.69) is 66.3 Å². The molecule has 0 spiro atoms. The van der Waals surface area contributed by atoms with E-state index in [4.69, 9.17) is 4.74 Å². The van der Waals surface area contributed by atoms with E-state index >= 15 is 0 Å². The molecule has 2 aliphatic heterocycles. The van der Waals surface area contributed by atoms with E-state index in [-0.39, 0.29) is 0 Å². The molecule has 0 atom stereocenters. The number of aryl methyl sites for hydroxylation is 1. The van der Waals surface area contributed by atoms with Crippen molar-refractivity contribution in [2.24, 2.45) is 5.92 Å². The average Bonchev–Trinajstić information content (AvgIpc) is 3.24. The number of anilines is 1. The zero-order chi connectivity index (χ0) is 22.2. The molecule has 170 valence electrons. The number of morpholine rings is 1. The average molecular weight is 433 g/mol. The van der Waals surface area contributed by atoms with Gasteiger partial charge in [-0.1, -0.05) is 20.4 Å². The van der Waals surface area contributed by atoms with Crippen molar-refractivity contribution in [2.45, 2.75) is 58.4 Å². The fraction of sp³-hybridized carbons (Fsp3) is 0.519. The number of fused-ring (bicyclic) bond motifs is 1. The van der Waals surface area contributed by atoms with Crippen LogP contribution < -0.4 is 21.4 Å². The van der Waals surface area contributed by atoms with Gasteiger partial charge in [-0.15, -0.1) is 0 Å². The van der Waals surface area contributed by atoms with Gasteiger partial charge in [0, 0.05) is 47.4 Å². The van der Waals surface area contributed by atoms with Gasteiger partial charge in [0.2, 0.25) is 0 Å². The van der Waals surface area contributed by atoms with Gasteiger partial charge in [-0.05, 0) is 73.1 Å². The number of hydrogen-bond donors (Lipinski definition) is 2. The van der Waals surface area contributed by atoms with Crippen molar-refractivity contribution in [1.29, 1.82) is 0 Å². The molecule has 5 heteroatoms. The second-order valence-electron chi connectivity index (χ2n) is 9.94. The fourth-order valence-electron chi connectivity index (χ4n) is 5.62. The molecule has 1 saturated heterocycles. The highest BCUT2D eigenvalue weighted by Crippen LogP contribution is 2.33. The summed E-state index contributed by atoms with van der Waals surface area (Å²) in [4.78, 5) is 7.17. The topological polar surface area (TPSA) is 49.4 Å². The third kappa shape index (κ3) is 4.04. The molecule has 0 unspecified atom stereocenters. The number of aromatic nitrogens is 1. The van der Waals surface area contributed by atoms with Gasteiger partial charge in [0.05, 0.1) is 24.3 Å². The third-order valence-electron chi connectivity index (χ3n) is 7.60. The van der Waals surface area contributed by atoms with Crippen molar-refractivity contribution < 1.29 is 4.74 Å². The number of hydrogen-bond acceptors (Lipinski definition) is 5. The lowest BCUT2D eigenvalue weighted by Gasteiger charge is -2.39. The van der Waals surface area contributed by atoms with Gasteiger partial charge in [-0.2, -0.15) is 0 Å². The van der Waals surface area contributed by atoms with Crippen LogP contribution in [0, 0.1) is 23.3 Å². The number of nitrogens with one attached hydrogen (secondary N) is 2. The van der Waals surface area contributed by atoms with Gasteiger partial charge in [0.25, 0.3) is 0 Å². The summed E-state index contributed by atoms with van der Waals surface area (Å²) in [6, 6.07) is 7.66. The number of pyridine rings is 1. The van der Waals surface area contributed by atoms with Crippen LogP contribution in [-0.2, 0) is 4.74 Å². The summed E-state index contributed by atoms with van der Waals surface area (Å²) in [6.07, 6.45) is 7.02. The van der Waals surface area contributed by atoms with E-state index < -0.39 is 0 Å². The first-order chi connectivity index (χ1) is 15.5. The Balaban J connectivity index is 1.50. The van der Waals surface area contributed by atoms with Gasteiger partial charge >= 0.3 is 0 Å². The third-order valence-corrected chi connectivity index (χ3v) is 7.60. The molecule has 2 N–H and O–H groups in total. The van der Waals surface area contributed by atoms with Crippen LogP contribution >= 0.6 is 0 Å². The molecular formula is C27H36N4O. The standard InChI is InChI=1S/C27H36N4O/c1-17(2)23-14-25-26(15-24(23)21-13-18(3)19(4)28-16-21)29-30-27(25)20-5-7-22(8-6-20)31-9-11-32-12-10-31/h13-17,20,22,29-30H,4-12H2,1-3H3/b24-21-. The summed E-state index contributed by atoms with van der Waals surface area (Å²) >= 11 is 0. The molecule has 5 nitrogen and oxygen atoms in total. The van der Waals surface area contributed by atoms with Crippen LogP contribution in [-0.4, -0.2) is 42.2 Å². The molecule has 1 aliphatic carbocycles. The lowest BCUT2D eigenvalue weighted by atomic mass is 9.82. The number of benzene rings is 1. The molecule has 1 saturated carbocycles. The molecule has 1 aromatic carbocycles. The number of nitrogens with zero attached hydrogens (tertiary/aromatic N) is 2. The van der Waals surface area contributed by atoms with E-state index in [9.17, 15) is 0 Å². The molecule has 1 aromatic heterocycles. The Hall–Kier alpha value is -2.37. The Bertz CT molecular complexity index is 1190. The molecule has 2 aromatic rings. The molecule has 0 radical (unpaired) electrons. The molecule has 3 aliphatic rings. The summed E-state index contributed by atoms with van der Waals surface area (Å²) in [5.74, 6) is 1.04. The van der Waals surface area contributed by atoms with E-state index in [0.717, 1.165) is 43.3 Å². The number of rotatable bonds is 3. The summed E-state index contributed by atoms with van der Waals surface area (Å²) in [7, 11) is 0. The van der Waals surface area contributed by atoms with E-state index in [1.807, 2.05) is 6.20 Å². The molecule has 3 heterocycles. The minimum absolute atomic E-state index is 0.439.